The summed E-state index contributed by atoms with van der Waals surface area (Å²) >= 11 is 11.1. The second kappa shape index (κ2) is 10.4. The number of esters is 1. The van der Waals surface area contributed by atoms with E-state index in [4.69, 9.17) is 23.8 Å². The molecule has 0 aliphatic carbocycles. The van der Waals surface area contributed by atoms with Crippen molar-refractivity contribution in [3.8, 4) is 0 Å². The van der Waals surface area contributed by atoms with E-state index in [1.807, 2.05) is 36.7 Å². The zero-order chi connectivity index (χ0) is 23.3. The maximum Gasteiger partial charge on any atom is 0.325 e. The molecule has 0 aliphatic heterocycles. The molecular formula is C23H23ClN4O3S. The minimum atomic E-state index is -0.408. The normalized spacial score (nSPS) is 10.5. The van der Waals surface area contributed by atoms with E-state index in [-0.39, 0.29) is 12.3 Å². The van der Waals surface area contributed by atoms with Crippen LogP contribution >= 0.6 is 23.8 Å². The average Bonchev–Trinajstić information content (AvgIpc) is 3.06. The van der Waals surface area contributed by atoms with Crippen LogP contribution in [0.15, 0.2) is 48.7 Å². The Bertz CT molecular complexity index is 1140. The lowest BCUT2D eigenvalue weighted by Crippen LogP contribution is -2.33. The predicted octanol–water partition coefficient (Wildman–Crippen LogP) is 3.66. The fraction of sp³-hybridized carbons (Fsp3) is 0.217. The Balaban J connectivity index is 1.68. The molecule has 0 unspecified atom stereocenters. The molecule has 1 aromatic carbocycles. The molecule has 9 heteroatoms. The van der Waals surface area contributed by atoms with Crippen LogP contribution in [-0.2, 0) is 23.0 Å². The van der Waals surface area contributed by atoms with Gasteiger partial charge >= 0.3 is 5.97 Å². The first kappa shape index (κ1) is 23.4. The number of hydrogen-bond donors (Lipinski definition) is 2. The van der Waals surface area contributed by atoms with Gasteiger partial charge in [-0.2, -0.15) is 0 Å². The number of benzene rings is 1. The number of nitrogens with zero attached hydrogens (tertiary/aromatic N) is 2. The van der Waals surface area contributed by atoms with Crippen molar-refractivity contribution in [2.45, 2.75) is 13.3 Å². The molecule has 0 radical (unpaired) electrons. The topological polar surface area (TPSA) is 85.3 Å². The third kappa shape index (κ3) is 5.72. The molecule has 2 N–H and O–H groups in total. The van der Waals surface area contributed by atoms with Gasteiger partial charge in [-0.05, 0) is 67.2 Å². The van der Waals surface area contributed by atoms with Crippen molar-refractivity contribution in [3.63, 3.8) is 0 Å². The lowest BCUT2D eigenvalue weighted by Gasteiger charge is -2.10. The largest absolute Gasteiger partial charge is 0.468 e. The molecule has 2 aromatic heterocycles. The lowest BCUT2D eigenvalue weighted by atomic mass is 10.1. The molecule has 32 heavy (non-hydrogen) atoms. The van der Waals surface area contributed by atoms with Gasteiger partial charge in [0, 0.05) is 35.4 Å². The third-order valence-electron chi connectivity index (χ3n) is 4.91. The minimum Gasteiger partial charge on any atom is -0.468 e. The van der Waals surface area contributed by atoms with Crippen LogP contribution in [0.4, 0.5) is 5.69 Å². The highest BCUT2D eigenvalue weighted by Crippen LogP contribution is 2.21. The summed E-state index contributed by atoms with van der Waals surface area (Å²) in [6, 6.07) is 12.6. The number of anilines is 1. The summed E-state index contributed by atoms with van der Waals surface area (Å²) in [5.41, 5.74) is 4.65. The number of carbonyl (C=O) groups excluding carboxylic acids is 2. The number of methoxy groups -OCH3 is 1. The van der Waals surface area contributed by atoms with Crippen LogP contribution in [0.3, 0.4) is 0 Å². The Morgan fingerprint density at radius 3 is 2.53 bits per heavy atom. The maximum atomic E-state index is 13.0. The Hall–Kier alpha value is -3.23. The molecule has 7 nitrogen and oxygen atoms in total. The average molecular weight is 471 g/mol. The van der Waals surface area contributed by atoms with Crippen LogP contribution in [0.25, 0.3) is 0 Å². The van der Waals surface area contributed by atoms with Gasteiger partial charge in [0.05, 0.1) is 24.7 Å². The molecule has 0 fully saturated rings. The molecule has 0 spiro atoms. The van der Waals surface area contributed by atoms with E-state index in [0.29, 0.717) is 33.5 Å². The quantitative estimate of drug-likeness (QED) is 0.309. The molecule has 2 heterocycles. The summed E-state index contributed by atoms with van der Waals surface area (Å²) in [5.74, 6) is -0.456. The maximum absolute atomic E-state index is 13.0. The third-order valence-corrected chi connectivity index (χ3v) is 5.41. The Morgan fingerprint density at radius 1 is 1.19 bits per heavy atom. The molecule has 3 rings (SSSR count). The van der Waals surface area contributed by atoms with E-state index in [9.17, 15) is 9.59 Å². The highest BCUT2D eigenvalue weighted by molar-refractivity contribution is 7.80. The van der Waals surface area contributed by atoms with Gasteiger partial charge in [0.25, 0.3) is 0 Å². The summed E-state index contributed by atoms with van der Waals surface area (Å²) in [4.78, 5) is 28.6. The molecule has 166 valence electrons. The number of halogens is 1. The highest BCUT2D eigenvalue weighted by atomic mass is 35.5. The second-order valence-electron chi connectivity index (χ2n) is 7.16. The molecule has 0 atom stereocenters. The van der Waals surface area contributed by atoms with Gasteiger partial charge in [-0.1, -0.05) is 11.6 Å². The van der Waals surface area contributed by atoms with E-state index >= 15 is 0 Å². The van der Waals surface area contributed by atoms with Crippen LogP contribution < -0.4 is 10.6 Å². The predicted molar refractivity (Wildman–Crippen MR) is 128 cm³/mol. The number of hydrogen-bond acceptors (Lipinski definition) is 5. The molecule has 0 saturated heterocycles. The summed E-state index contributed by atoms with van der Waals surface area (Å²) < 4.78 is 6.47. The Kier molecular flexibility index (Phi) is 7.61. The minimum absolute atomic E-state index is 0.0161. The van der Waals surface area contributed by atoms with Crippen LogP contribution in [0.2, 0.25) is 5.02 Å². The highest BCUT2D eigenvalue weighted by Gasteiger charge is 2.19. The number of pyridine rings is 1. The van der Waals surface area contributed by atoms with E-state index in [1.165, 1.54) is 7.11 Å². The first-order valence-corrected chi connectivity index (χ1v) is 10.6. The van der Waals surface area contributed by atoms with Crippen molar-refractivity contribution in [2.24, 2.45) is 7.05 Å². The number of aromatic nitrogens is 2. The number of nitrogens with one attached hydrogen (secondary N) is 2. The van der Waals surface area contributed by atoms with E-state index in [2.05, 4.69) is 20.4 Å². The van der Waals surface area contributed by atoms with Crippen LogP contribution in [-0.4, -0.2) is 40.1 Å². The van der Waals surface area contributed by atoms with E-state index in [1.54, 1.807) is 30.5 Å². The number of ether oxygens (including phenoxy) is 1. The van der Waals surface area contributed by atoms with Gasteiger partial charge in [-0.3, -0.25) is 14.6 Å². The van der Waals surface area contributed by atoms with Crippen molar-refractivity contribution in [2.75, 3.05) is 19.0 Å². The summed E-state index contributed by atoms with van der Waals surface area (Å²) in [5, 5.41) is 6.61. The fourth-order valence-electron chi connectivity index (χ4n) is 3.25. The molecule has 3 aromatic rings. The lowest BCUT2D eigenvalue weighted by molar-refractivity contribution is -0.139. The molecule has 0 aliphatic rings. The SMILES string of the molecule is COC(=O)CNC(=S)Nc1ccc(Cc2cc(C)c(C(=O)c3ccc(Cl)cc3)n2C)nc1. The Morgan fingerprint density at radius 2 is 1.91 bits per heavy atom. The van der Waals surface area contributed by atoms with Gasteiger partial charge in [0.15, 0.2) is 5.11 Å². The summed E-state index contributed by atoms with van der Waals surface area (Å²) in [6.07, 6.45) is 2.23. The number of thiocarbonyl (C=S) groups is 1. The number of rotatable bonds is 7. The van der Waals surface area contributed by atoms with Crippen molar-refractivity contribution in [1.82, 2.24) is 14.9 Å². The molecular weight excluding hydrogens is 448 g/mol. The molecule has 0 amide bonds. The van der Waals surface area contributed by atoms with Crippen LogP contribution in [0.1, 0.15) is 33.0 Å². The van der Waals surface area contributed by atoms with Gasteiger partial charge < -0.3 is 19.9 Å². The monoisotopic (exact) mass is 470 g/mol. The molecule has 0 saturated carbocycles. The standard InChI is InChI=1S/C23H23ClN4O3S/c1-14-10-19(28(2)21(14)22(30)15-4-6-16(24)7-5-15)11-17-8-9-18(12-25-17)27-23(32)26-13-20(29)31-3/h4-10,12H,11,13H2,1-3H3,(H2,26,27,32). The first-order chi connectivity index (χ1) is 15.3. The van der Waals surface area contributed by atoms with Crippen molar-refractivity contribution in [3.05, 3.63) is 81.9 Å². The van der Waals surface area contributed by atoms with Crippen LogP contribution in [0, 0.1) is 6.92 Å². The van der Waals surface area contributed by atoms with Crippen molar-refractivity contribution < 1.29 is 14.3 Å². The fourth-order valence-corrected chi connectivity index (χ4v) is 3.57. The number of aryl methyl sites for hydroxylation is 1. The second-order valence-corrected chi connectivity index (χ2v) is 8.01. The van der Waals surface area contributed by atoms with E-state index < -0.39 is 5.97 Å². The van der Waals surface area contributed by atoms with Gasteiger partial charge in [0.2, 0.25) is 5.78 Å². The van der Waals surface area contributed by atoms with Crippen LogP contribution in [0.5, 0.6) is 0 Å². The van der Waals surface area contributed by atoms with Gasteiger partial charge in [-0.25, -0.2) is 0 Å². The Labute approximate surface area is 196 Å². The van der Waals surface area contributed by atoms with Gasteiger partial charge in [0.1, 0.15) is 6.54 Å². The zero-order valence-corrected chi connectivity index (χ0v) is 19.5. The van der Waals surface area contributed by atoms with E-state index in [0.717, 1.165) is 17.0 Å². The molecule has 0 bridgehead atoms. The van der Waals surface area contributed by atoms with Crippen molar-refractivity contribution >= 4 is 46.4 Å². The van der Waals surface area contributed by atoms with Gasteiger partial charge in [-0.15, -0.1) is 0 Å². The zero-order valence-electron chi connectivity index (χ0n) is 17.9. The summed E-state index contributed by atoms with van der Waals surface area (Å²) in [7, 11) is 3.20. The smallest absolute Gasteiger partial charge is 0.325 e. The number of ketones is 1. The van der Waals surface area contributed by atoms with Crippen molar-refractivity contribution in [1.29, 1.82) is 0 Å². The summed E-state index contributed by atoms with van der Waals surface area (Å²) in [6.45, 7) is 1.91. The number of carbonyl (C=O) groups is 2. The first-order valence-electron chi connectivity index (χ1n) is 9.80.